The number of rotatable bonds is 6. The fraction of sp³-hybridized carbons (Fsp3) is 0.370. The normalized spacial score (nSPS) is 22.2. The third-order valence-electron chi connectivity index (χ3n) is 7.18. The minimum absolute atomic E-state index is 0.0795. The van der Waals surface area contributed by atoms with Gasteiger partial charge in [0.2, 0.25) is 5.91 Å². The third-order valence-corrected chi connectivity index (χ3v) is 7.18. The number of amides is 2. The summed E-state index contributed by atoms with van der Waals surface area (Å²) in [4.78, 5) is 37.4. The molecule has 0 aromatic heterocycles. The van der Waals surface area contributed by atoms with E-state index in [9.17, 15) is 19.5 Å². The maximum absolute atomic E-state index is 13.3. The lowest BCUT2D eigenvalue weighted by Crippen LogP contribution is -2.62. The predicted molar refractivity (Wildman–Crippen MR) is 128 cm³/mol. The van der Waals surface area contributed by atoms with Crippen LogP contribution in [0.3, 0.4) is 0 Å². The number of hydrogen-bond acceptors (Lipinski definition) is 5. The molecule has 8 nitrogen and oxygen atoms in total. The first-order chi connectivity index (χ1) is 17.0. The Bertz CT molecular complexity index is 1120. The first kappa shape index (κ1) is 23.1. The Morgan fingerprint density at radius 1 is 0.971 bits per heavy atom. The summed E-state index contributed by atoms with van der Waals surface area (Å²) >= 11 is 0. The Morgan fingerprint density at radius 2 is 1.60 bits per heavy atom. The summed E-state index contributed by atoms with van der Waals surface area (Å²) in [6.07, 6.45) is 3.52. The molecule has 2 amide bonds. The largest absolute Gasteiger partial charge is 0.481 e. The zero-order valence-electron chi connectivity index (χ0n) is 19.2. The Hall–Kier alpha value is -3.65. The lowest BCUT2D eigenvalue weighted by molar-refractivity contribution is -0.140. The van der Waals surface area contributed by atoms with Gasteiger partial charge in [-0.25, -0.2) is 4.79 Å². The number of ether oxygens (including phenoxy) is 2. The lowest BCUT2D eigenvalue weighted by atomic mass is 9.88. The van der Waals surface area contributed by atoms with Crippen LogP contribution in [0.4, 0.5) is 4.79 Å². The van der Waals surface area contributed by atoms with Crippen molar-refractivity contribution < 1.29 is 29.0 Å². The number of carboxylic acids is 1. The van der Waals surface area contributed by atoms with Crippen LogP contribution in [0.15, 0.2) is 60.7 Å². The highest BCUT2D eigenvalue weighted by Gasteiger charge is 2.43. The van der Waals surface area contributed by atoms with Crippen LogP contribution >= 0.6 is 0 Å². The number of carboxylic acid groups (broad SMARTS) is 1. The number of alkyl carbamates (subject to hydrolysis) is 1. The summed E-state index contributed by atoms with van der Waals surface area (Å²) in [5.74, 6) is -1.98. The van der Waals surface area contributed by atoms with E-state index in [-0.39, 0.29) is 18.4 Å². The van der Waals surface area contributed by atoms with Gasteiger partial charge in [-0.15, -0.1) is 0 Å². The van der Waals surface area contributed by atoms with Crippen LogP contribution in [0.1, 0.15) is 36.3 Å². The van der Waals surface area contributed by atoms with E-state index in [0.717, 1.165) is 22.3 Å². The van der Waals surface area contributed by atoms with Gasteiger partial charge in [-0.3, -0.25) is 9.59 Å². The molecule has 2 aromatic carbocycles. The summed E-state index contributed by atoms with van der Waals surface area (Å²) in [5.41, 5.74) is 3.33. The molecule has 1 heterocycles. The lowest BCUT2D eigenvalue weighted by Gasteiger charge is -2.36. The van der Waals surface area contributed by atoms with Gasteiger partial charge < -0.3 is 25.2 Å². The van der Waals surface area contributed by atoms with Gasteiger partial charge in [0.1, 0.15) is 12.1 Å². The molecule has 0 radical (unpaired) electrons. The van der Waals surface area contributed by atoms with Gasteiger partial charge in [-0.05, 0) is 28.7 Å². The fourth-order valence-corrected chi connectivity index (χ4v) is 5.25. The van der Waals surface area contributed by atoms with Crippen molar-refractivity contribution in [2.75, 3.05) is 19.8 Å². The second kappa shape index (κ2) is 9.54. The van der Waals surface area contributed by atoms with Crippen LogP contribution < -0.4 is 10.6 Å². The van der Waals surface area contributed by atoms with E-state index >= 15 is 0 Å². The summed E-state index contributed by atoms with van der Waals surface area (Å²) in [5, 5.41) is 14.9. The highest BCUT2D eigenvalue weighted by atomic mass is 16.5. The van der Waals surface area contributed by atoms with E-state index in [4.69, 9.17) is 9.47 Å². The molecule has 35 heavy (non-hydrogen) atoms. The Kier molecular flexibility index (Phi) is 6.30. The van der Waals surface area contributed by atoms with Gasteiger partial charge in [-0.1, -0.05) is 60.7 Å². The van der Waals surface area contributed by atoms with Crippen LogP contribution in [-0.4, -0.2) is 54.5 Å². The Balaban J connectivity index is 1.26. The molecule has 182 valence electrons. The number of aliphatic carboxylic acids is 1. The topological polar surface area (TPSA) is 114 Å². The van der Waals surface area contributed by atoms with Crippen molar-refractivity contribution >= 4 is 18.0 Å². The van der Waals surface area contributed by atoms with Crippen molar-refractivity contribution in [3.8, 4) is 11.1 Å². The second-order valence-corrected chi connectivity index (χ2v) is 9.29. The molecule has 3 aliphatic rings. The van der Waals surface area contributed by atoms with Crippen molar-refractivity contribution in [1.29, 1.82) is 0 Å². The molecule has 2 atom stereocenters. The zero-order valence-corrected chi connectivity index (χ0v) is 19.2. The van der Waals surface area contributed by atoms with E-state index in [1.807, 2.05) is 36.4 Å². The van der Waals surface area contributed by atoms with Crippen molar-refractivity contribution in [2.45, 2.75) is 36.8 Å². The van der Waals surface area contributed by atoms with Crippen LogP contribution in [0.25, 0.3) is 11.1 Å². The maximum Gasteiger partial charge on any atom is 0.408 e. The van der Waals surface area contributed by atoms with Crippen LogP contribution in [0, 0.1) is 5.92 Å². The van der Waals surface area contributed by atoms with E-state index in [2.05, 4.69) is 22.8 Å². The molecule has 5 rings (SSSR count). The van der Waals surface area contributed by atoms with Crippen molar-refractivity contribution in [1.82, 2.24) is 10.6 Å². The van der Waals surface area contributed by atoms with Crippen LogP contribution in [-0.2, 0) is 19.1 Å². The molecule has 0 spiro atoms. The minimum atomic E-state index is -1.17. The minimum Gasteiger partial charge on any atom is -0.481 e. The van der Waals surface area contributed by atoms with Gasteiger partial charge in [0.15, 0.2) is 0 Å². The molecular weight excluding hydrogens is 448 g/mol. The Morgan fingerprint density at radius 3 is 2.20 bits per heavy atom. The number of carbonyl (C=O) groups is 3. The molecule has 2 unspecified atom stereocenters. The van der Waals surface area contributed by atoms with Crippen molar-refractivity contribution in [3.63, 3.8) is 0 Å². The first-order valence-electron chi connectivity index (χ1n) is 11.9. The number of nitrogens with one attached hydrogen (secondary N) is 2. The molecule has 0 bridgehead atoms. The molecular formula is C27H28N2O6. The molecule has 1 saturated heterocycles. The highest BCUT2D eigenvalue weighted by Crippen LogP contribution is 2.44. The summed E-state index contributed by atoms with van der Waals surface area (Å²) in [6, 6.07) is 15.8. The van der Waals surface area contributed by atoms with Crippen LogP contribution in [0.5, 0.6) is 0 Å². The van der Waals surface area contributed by atoms with E-state index < -0.39 is 29.6 Å². The quantitative estimate of drug-likeness (QED) is 0.552. The first-order valence-corrected chi connectivity index (χ1v) is 11.9. The van der Waals surface area contributed by atoms with Crippen molar-refractivity contribution in [3.05, 3.63) is 71.8 Å². The number of benzene rings is 2. The molecule has 2 aliphatic carbocycles. The van der Waals surface area contributed by atoms with Gasteiger partial charge in [-0.2, -0.15) is 0 Å². The number of fused-ring (bicyclic) bond motifs is 3. The van der Waals surface area contributed by atoms with Crippen molar-refractivity contribution in [2.24, 2.45) is 5.92 Å². The highest BCUT2D eigenvalue weighted by molar-refractivity contribution is 5.90. The predicted octanol–water partition coefficient (Wildman–Crippen LogP) is 3.22. The number of hydrogen-bond donors (Lipinski definition) is 3. The van der Waals surface area contributed by atoms with E-state index in [1.165, 1.54) is 0 Å². The third kappa shape index (κ3) is 4.53. The van der Waals surface area contributed by atoms with E-state index in [1.54, 1.807) is 12.2 Å². The van der Waals surface area contributed by atoms with Gasteiger partial charge in [0.25, 0.3) is 0 Å². The molecule has 8 heteroatoms. The molecule has 1 fully saturated rings. The fourth-order valence-electron chi connectivity index (χ4n) is 5.25. The summed E-state index contributed by atoms with van der Waals surface area (Å²) < 4.78 is 11.1. The van der Waals surface area contributed by atoms with Gasteiger partial charge in [0, 0.05) is 38.0 Å². The van der Waals surface area contributed by atoms with E-state index in [0.29, 0.717) is 32.5 Å². The smallest absolute Gasteiger partial charge is 0.408 e. The van der Waals surface area contributed by atoms with Gasteiger partial charge >= 0.3 is 12.1 Å². The standard InChI is InChI=1S/C27H28N2O6/c30-24(31)17-9-10-18(15-17)28-25(32)27(11-13-34-14-12-27)29-26(33)35-16-23-21-7-3-1-5-19(21)20-6-2-4-8-22(20)23/h1-10,17-18,23H,11-16H2,(H,28,32)(H,29,33)(H,30,31). The SMILES string of the molecule is O=C(NC1(C(=O)NC2C=CC(C(=O)O)C2)CCOCC1)OCC1c2ccccc2-c2ccccc21. The molecule has 1 aliphatic heterocycles. The molecule has 3 N–H and O–H groups in total. The maximum atomic E-state index is 13.3. The Labute approximate surface area is 203 Å². The average molecular weight is 477 g/mol. The average Bonchev–Trinajstić information content (AvgIpc) is 3.46. The summed E-state index contributed by atoms with van der Waals surface area (Å²) in [6.45, 7) is 0.810. The van der Waals surface area contributed by atoms with Gasteiger partial charge in [0.05, 0.1) is 5.92 Å². The monoisotopic (exact) mass is 476 g/mol. The molecule has 0 saturated carbocycles. The zero-order chi connectivity index (χ0) is 24.4. The molecule has 2 aromatic rings. The summed E-state index contributed by atoms with van der Waals surface area (Å²) in [7, 11) is 0. The van der Waals surface area contributed by atoms with Crippen LogP contribution in [0.2, 0.25) is 0 Å². The second-order valence-electron chi connectivity index (χ2n) is 9.29. The number of carbonyl (C=O) groups excluding carboxylic acids is 2.